The van der Waals surface area contributed by atoms with Gasteiger partial charge < -0.3 is 9.84 Å². The van der Waals surface area contributed by atoms with E-state index in [0.29, 0.717) is 22.2 Å². The molecule has 1 N–H and O–H groups in total. The molecule has 2 aromatic carbocycles. The predicted molar refractivity (Wildman–Crippen MR) is 86.2 cm³/mol. The minimum Gasteiger partial charge on any atom is -0.347 e. The van der Waals surface area contributed by atoms with Crippen molar-refractivity contribution in [2.24, 2.45) is 0 Å². The highest BCUT2D eigenvalue weighted by Gasteiger charge is 2.09. The number of nitrogens with one attached hydrogen (secondary N) is 1. The van der Waals surface area contributed by atoms with E-state index in [4.69, 9.17) is 16.1 Å². The Morgan fingerprint density at radius 2 is 1.83 bits per heavy atom. The number of aromatic nitrogens is 1. The summed E-state index contributed by atoms with van der Waals surface area (Å²) in [5, 5.41) is 7.44. The maximum atomic E-state index is 12.8. The van der Waals surface area contributed by atoms with Crippen LogP contribution in [0.2, 0.25) is 5.02 Å². The third-order valence-electron chi connectivity index (χ3n) is 3.24. The zero-order valence-electron chi connectivity index (χ0n) is 11.9. The van der Waals surface area contributed by atoms with Crippen molar-refractivity contribution in [3.63, 3.8) is 0 Å². The second kappa shape index (κ2) is 6.62. The highest BCUT2D eigenvalue weighted by molar-refractivity contribution is 6.30. The van der Waals surface area contributed by atoms with E-state index >= 15 is 0 Å². The fourth-order valence-electron chi connectivity index (χ4n) is 2.02. The van der Waals surface area contributed by atoms with Crippen molar-refractivity contribution in [2.45, 2.75) is 0 Å². The lowest BCUT2D eigenvalue weighted by Crippen LogP contribution is -2.13. The molecule has 0 bridgehead atoms. The van der Waals surface area contributed by atoms with E-state index < -0.39 is 0 Å². The van der Waals surface area contributed by atoms with Gasteiger partial charge in [0.1, 0.15) is 11.5 Å². The Labute approximate surface area is 136 Å². The zero-order valence-corrected chi connectivity index (χ0v) is 12.7. The van der Waals surface area contributed by atoms with Crippen molar-refractivity contribution < 1.29 is 13.7 Å². The topological polar surface area (TPSA) is 55.1 Å². The van der Waals surface area contributed by atoms with E-state index in [1.807, 2.05) is 12.1 Å². The molecule has 0 saturated carbocycles. The highest BCUT2D eigenvalue weighted by atomic mass is 35.5. The number of anilines is 1. The summed E-state index contributed by atoms with van der Waals surface area (Å²) in [5.41, 5.74) is 1.92. The third kappa shape index (κ3) is 3.76. The number of hydrogen-bond acceptors (Lipinski definition) is 4. The van der Waals surface area contributed by atoms with Crippen LogP contribution in [0.15, 0.2) is 59.1 Å². The number of carbonyl (C=O) groups excluding carboxylic acids is 1. The first-order valence-electron chi connectivity index (χ1n) is 6.87. The molecule has 3 aromatic rings. The molecule has 0 atom stereocenters. The van der Waals surface area contributed by atoms with Crippen LogP contribution in [0.1, 0.15) is 10.4 Å². The first-order valence-corrected chi connectivity index (χ1v) is 7.25. The molecule has 23 heavy (non-hydrogen) atoms. The van der Waals surface area contributed by atoms with Crippen LogP contribution >= 0.6 is 11.6 Å². The highest BCUT2D eigenvalue weighted by Crippen LogP contribution is 2.23. The monoisotopic (exact) mass is 330 g/mol. The van der Waals surface area contributed by atoms with Crippen LogP contribution in [-0.4, -0.2) is 17.5 Å². The molecule has 0 spiro atoms. The summed E-state index contributed by atoms with van der Waals surface area (Å²) < 4.78 is 18.0. The van der Waals surface area contributed by atoms with Gasteiger partial charge >= 0.3 is 0 Å². The van der Waals surface area contributed by atoms with E-state index in [2.05, 4.69) is 10.5 Å². The molecule has 0 unspecified atom stereocenters. The minimum absolute atomic E-state index is 0.0287. The van der Waals surface area contributed by atoms with Gasteiger partial charge in [0.05, 0.1) is 6.54 Å². The summed E-state index contributed by atoms with van der Waals surface area (Å²) in [6, 6.07) is 14.3. The maximum Gasteiger partial charge on any atom is 0.225 e. The van der Waals surface area contributed by atoms with Gasteiger partial charge in [-0.05, 0) is 36.4 Å². The molecule has 1 aromatic heterocycles. The van der Waals surface area contributed by atoms with Gasteiger partial charge in [-0.1, -0.05) is 28.9 Å². The van der Waals surface area contributed by atoms with Crippen LogP contribution in [0.4, 0.5) is 10.3 Å². The Bertz CT molecular complexity index is 813. The predicted octanol–water partition coefficient (Wildman–Crippen LogP) is 4.43. The molecule has 0 radical (unpaired) electrons. The molecule has 4 nitrogen and oxygen atoms in total. The second-order valence-electron chi connectivity index (χ2n) is 4.87. The van der Waals surface area contributed by atoms with Crippen molar-refractivity contribution in [1.82, 2.24) is 5.16 Å². The van der Waals surface area contributed by atoms with Gasteiger partial charge in [-0.2, -0.15) is 0 Å². The molecule has 0 fully saturated rings. The first-order chi connectivity index (χ1) is 11.1. The fraction of sp³-hybridized carbons (Fsp3) is 0.0588. The first kappa shape index (κ1) is 15.2. The molecular weight excluding hydrogens is 319 g/mol. The molecule has 3 rings (SSSR count). The molecule has 0 aliphatic carbocycles. The van der Waals surface area contributed by atoms with Crippen molar-refractivity contribution in [2.75, 3.05) is 11.9 Å². The summed E-state index contributed by atoms with van der Waals surface area (Å²) >= 11 is 5.84. The van der Waals surface area contributed by atoms with Crippen LogP contribution in [0.25, 0.3) is 11.3 Å². The molecule has 6 heteroatoms. The number of ketones is 1. The van der Waals surface area contributed by atoms with Crippen LogP contribution in [0.3, 0.4) is 0 Å². The second-order valence-corrected chi connectivity index (χ2v) is 5.30. The Morgan fingerprint density at radius 3 is 2.52 bits per heavy atom. The Balaban J connectivity index is 1.64. The third-order valence-corrected chi connectivity index (χ3v) is 3.49. The van der Waals surface area contributed by atoms with Gasteiger partial charge in [0, 0.05) is 22.2 Å². The van der Waals surface area contributed by atoms with Crippen LogP contribution < -0.4 is 5.32 Å². The van der Waals surface area contributed by atoms with E-state index in [9.17, 15) is 9.18 Å². The number of benzene rings is 2. The quantitative estimate of drug-likeness (QED) is 0.703. The van der Waals surface area contributed by atoms with Crippen molar-refractivity contribution in [1.29, 1.82) is 0 Å². The number of Topliss-reactive ketones (excluding diaryl/α,β-unsaturated/α-hetero) is 1. The number of nitrogens with zero attached hydrogens (tertiary/aromatic N) is 1. The number of halogens is 2. The maximum absolute atomic E-state index is 12.8. The largest absolute Gasteiger partial charge is 0.347 e. The SMILES string of the molecule is O=C(CNc1cc(-c2ccc(Cl)cc2)no1)c1ccc(F)cc1. The number of rotatable bonds is 5. The summed E-state index contributed by atoms with van der Waals surface area (Å²) in [5.74, 6) is -0.169. The van der Waals surface area contributed by atoms with Crippen LogP contribution in [0, 0.1) is 5.82 Å². The smallest absolute Gasteiger partial charge is 0.225 e. The molecule has 1 heterocycles. The van der Waals surface area contributed by atoms with Gasteiger partial charge in [0.2, 0.25) is 5.88 Å². The molecular formula is C17H12ClFN2O2. The fourth-order valence-corrected chi connectivity index (χ4v) is 2.15. The van der Waals surface area contributed by atoms with Gasteiger partial charge in [-0.25, -0.2) is 4.39 Å². The lowest BCUT2D eigenvalue weighted by Gasteiger charge is -2.01. The summed E-state index contributed by atoms with van der Waals surface area (Å²) in [6.45, 7) is 0.0287. The van der Waals surface area contributed by atoms with Crippen molar-refractivity contribution in [3.8, 4) is 11.3 Å². The molecule has 0 amide bonds. The molecule has 0 aliphatic heterocycles. The Morgan fingerprint density at radius 1 is 1.13 bits per heavy atom. The molecule has 116 valence electrons. The molecule has 0 saturated heterocycles. The molecule has 0 aliphatic rings. The van der Waals surface area contributed by atoms with Crippen LogP contribution in [-0.2, 0) is 0 Å². The van der Waals surface area contributed by atoms with E-state index in [1.54, 1.807) is 18.2 Å². The minimum atomic E-state index is -0.377. The van der Waals surface area contributed by atoms with Crippen molar-refractivity contribution >= 4 is 23.3 Å². The van der Waals surface area contributed by atoms with Gasteiger partial charge in [0.25, 0.3) is 0 Å². The normalized spacial score (nSPS) is 10.5. The van der Waals surface area contributed by atoms with E-state index in [0.717, 1.165) is 5.56 Å². The average molecular weight is 331 g/mol. The van der Waals surface area contributed by atoms with Crippen molar-refractivity contribution in [3.05, 3.63) is 71.0 Å². The summed E-state index contributed by atoms with van der Waals surface area (Å²) in [6.07, 6.45) is 0. The summed E-state index contributed by atoms with van der Waals surface area (Å²) in [4.78, 5) is 12.0. The van der Waals surface area contributed by atoms with E-state index in [-0.39, 0.29) is 18.1 Å². The van der Waals surface area contributed by atoms with Gasteiger partial charge in [-0.15, -0.1) is 0 Å². The lowest BCUT2D eigenvalue weighted by atomic mass is 10.1. The summed E-state index contributed by atoms with van der Waals surface area (Å²) in [7, 11) is 0. The Hall–Kier alpha value is -2.66. The number of hydrogen-bond donors (Lipinski definition) is 1. The van der Waals surface area contributed by atoms with E-state index in [1.165, 1.54) is 24.3 Å². The zero-order chi connectivity index (χ0) is 16.2. The Kier molecular flexibility index (Phi) is 4.39. The standard InChI is InChI=1S/C17H12ClFN2O2/c18-13-5-1-11(2-6-13)15-9-17(23-21-15)20-10-16(22)12-3-7-14(19)8-4-12/h1-9,20H,10H2. The average Bonchev–Trinajstić information content (AvgIpc) is 3.03. The van der Waals surface area contributed by atoms with Gasteiger partial charge in [-0.3, -0.25) is 4.79 Å². The number of carbonyl (C=O) groups is 1. The van der Waals surface area contributed by atoms with Gasteiger partial charge in [0.15, 0.2) is 5.78 Å². The van der Waals surface area contributed by atoms with Crippen LogP contribution in [0.5, 0.6) is 0 Å². The lowest BCUT2D eigenvalue weighted by molar-refractivity contribution is 0.101.